The van der Waals surface area contributed by atoms with Gasteiger partial charge in [-0.15, -0.1) is 0 Å². The Morgan fingerprint density at radius 2 is 1.95 bits per heavy atom. The van der Waals surface area contributed by atoms with Gasteiger partial charge < -0.3 is 20.1 Å². The molecule has 114 valence electrons. The molecule has 0 aliphatic carbocycles. The molecule has 0 aromatic carbocycles. The van der Waals surface area contributed by atoms with Crippen molar-refractivity contribution in [2.24, 2.45) is 4.99 Å². The topological polar surface area (TPSA) is 54.9 Å². The van der Waals surface area contributed by atoms with E-state index in [1.807, 2.05) is 11.8 Å². The summed E-state index contributed by atoms with van der Waals surface area (Å²) in [7, 11) is 3.47. The van der Waals surface area contributed by atoms with Gasteiger partial charge in [-0.3, -0.25) is 4.99 Å². The molecule has 0 amide bonds. The number of nitrogens with zero attached hydrogens (tertiary/aromatic N) is 1. The van der Waals surface area contributed by atoms with Crippen molar-refractivity contribution in [3.05, 3.63) is 0 Å². The summed E-state index contributed by atoms with van der Waals surface area (Å²) in [5.74, 6) is 0.846. The number of guanidine groups is 1. The van der Waals surface area contributed by atoms with Gasteiger partial charge in [0.2, 0.25) is 0 Å². The summed E-state index contributed by atoms with van der Waals surface area (Å²) in [5, 5.41) is 6.60. The highest BCUT2D eigenvalue weighted by Gasteiger charge is 2.15. The number of hydrogen-bond acceptors (Lipinski definition) is 4. The Bertz CT molecular complexity index is 248. The highest BCUT2D eigenvalue weighted by atomic mass is 32.2. The number of hydrogen-bond donors (Lipinski definition) is 2. The van der Waals surface area contributed by atoms with Gasteiger partial charge in [0.15, 0.2) is 5.96 Å². The highest BCUT2D eigenvalue weighted by molar-refractivity contribution is 7.99. The van der Waals surface area contributed by atoms with Gasteiger partial charge >= 0.3 is 0 Å². The van der Waals surface area contributed by atoms with Crippen molar-refractivity contribution in [3.63, 3.8) is 0 Å². The third-order valence-corrected chi connectivity index (χ3v) is 3.90. The lowest BCUT2D eigenvalue weighted by atomic mass is 10.2. The van der Waals surface area contributed by atoms with E-state index in [4.69, 9.17) is 9.47 Å². The minimum absolute atomic E-state index is 0.209. The smallest absolute Gasteiger partial charge is 0.191 e. The molecule has 6 heteroatoms. The highest BCUT2D eigenvalue weighted by Crippen LogP contribution is 2.19. The van der Waals surface area contributed by atoms with Crippen molar-refractivity contribution in [3.8, 4) is 0 Å². The van der Waals surface area contributed by atoms with Gasteiger partial charge in [0, 0.05) is 38.6 Å². The standard InChI is InChI=1S/C13H29N3O2S/c1-13(2,19-5)11-16-12(14-3)15-7-6-8-18-10-9-17-4/h6-11H2,1-5H3,(H2,14,15,16). The van der Waals surface area contributed by atoms with Crippen LogP contribution in [-0.2, 0) is 9.47 Å². The van der Waals surface area contributed by atoms with Gasteiger partial charge in [0.25, 0.3) is 0 Å². The summed E-state index contributed by atoms with van der Waals surface area (Å²) in [4.78, 5) is 4.20. The van der Waals surface area contributed by atoms with Crippen LogP contribution in [0.4, 0.5) is 0 Å². The lowest BCUT2D eigenvalue weighted by Crippen LogP contribution is -2.43. The van der Waals surface area contributed by atoms with E-state index in [1.165, 1.54) is 0 Å². The van der Waals surface area contributed by atoms with Crippen LogP contribution in [-0.4, -0.2) is 64.0 Å². The quantitative estimate of drug-likeness (QED) is 0.361. The van der Waals surface area contributed by atoms with Crippen LogP contribution in [0.3, 0.4) is 0 Å². The summed E-state index contributed by atoms with van der Waals surface area (Å²) in [6.07, 6.45) is 3.07. The molecule has 0 aromatic heterocycles. The van der Waals surface area contributed by atoms with Crippen LogP contribution in [0.2, 0.25) is 0 Å². The molecule has 0 radical (unpaired) electrons. The average Bonchev–Trinajstić information content (AvgIpc) is 2.41. The third kappa shape index (κ3) is 11.1. The van der Waals surface area contributed by atoms with Crippen molar-refractivity contribution >= 4 is 17.7 Å². The summed E-state index contributed by atoms with van der Waals surface area (Å²) in [5.41, 5.74) is 0. The Morgan fingerprint density at radius 3 is 2.53 bits per heavy atom. The van der Waals surface area contributed by atoms with E-state index >= 15 is 0 Å². The molecule has 2 N–H and O–H groups in total. The van der Waals surface area contributed by atoms with Crippen LogP contribution < -0.4 is 10.6 Å². The number of thioether (sulfide) groups is 1. The van der Waals surface area contributed by atoms with E-state index in [0.717, 1.165) is 32.1 Å². The predicted octanol–water partition coefficient (Wildman–Crippen LogP) is 1.35. The minimum atomic E-state index is 0.209. The molecule has 0 aliphatic heterocycles. The molecule has 0 heterocycles. The monoisotopic (exact) mass is 291 g/mol. The van der Waals surface area contributed by atoms with Crippen molar-refractivity contribution < 1.29 is 9.47 Å². The zero-order chi connectivity index (χ0) is 14.6. The molecular formula is C13H29N3O2S. The summed E-state index contributed by atoms with van der Waals surface area (Å²) >= 11 is 1.84. The fourth-order valence-electron chi connectivity index (χ4n) is 1.21. The van der Waals surface area contributed by atoms with Crippen LogP contribution in [0.15, 0.2) is 4.99 Å². The number of rotatable bonds is 10. The second-order valence-corrected chi connectivity index (χ2v) is 6.29. The SMILES string of the molecule is CN=C(NCCCOCCOC)NCC(C)(C)SC. The molecule has 0 unspecified atom stereocenters. The molecule has 0 atom stereocenters. The van der Waals surface area contributed by atoms with Crippen molar-refractivity contribution in [2.45, 2.75) is 25.0 Å². The second kappa shape index (κ2) is 11.4. The van der Waals surface area contributed by atoms with Crippen molar-refractivity contribution in [1.29, 1.82) is 0 Å². The zero-order valence-corrected chi connectivity index (χ0v) is 13.7. The van der Waals surface area contributed by atoms with Gasteiger partial charge in [-0.25, -0.2) is 0 Å². The van der Waals surface area contributed by atoms with Gasteiger partial charge in [-0.2, -0.15) is 11.8 Å². The molecule has 0 spiro atoms. The minimum Gasteiger partial charge on any atom is -0.382 e. The van der Waals surface area contributed by atoms with Crippen molar-refractivity contribution in [2.75, 3.05) is 53.3 Å². The first kappa shape index (κ1) is 18.5. The molecule has 0 fully saturated rings. The Labute approximate surface area is 121 Å². The number of aliphatic imine (C=N–C) groups is 1. The lowest BCUT2D eigenvalue weighted by molar-refractivity contribution is 0.0698. The molecular weight excluding hydrogens is 262 g/mol. The molecule has 0 aliphatic rings. The van der Waals surface area contributed by atoms with Crippen LogP contribution >= 0.6 is 11.8 Å². The zero-order valence-electron chi connectivity index (χ0n) is 12.9. The molecule has 0 saturated heterocycles. The van der Waals surface area contributed by atoms with Crippen LogP contribution in [0, 0.1) is 0 Å². The fraction of sp³-hybridized carbons (Fsp3) is 0.923. The molecule has 0 aromatic rings. The van der Waals surface area contributed by atoms with Crippen molar-refractivity contribution in [1.82, 2.24) is 10.6 Å². The van der Waals surface area contributed by atoms with Gasteiger partial charge in [-0.05, 0) is 26.5 Å². The summed E-state index contributed by atoms with van der Waals surface area (Å²) < 4.78 is 10.5. The maximum Gasteiger partial charge on any atom is 0.191 e. The van der Waals surface area contributed by atoms with Gasteiger partial charge in [0.05, 0.1) is 13.2 Å². The number of methoxy groups -OCH3 is 1. The van der Waals surface area contributed by atoms with E-state index < -0.39 is 0 Å². The average molecular weight is 291 g/mol. The largest absolute Gasteiger partial charge is 0.382 e. The summed E-state index contributed by atoms with van der Waals surface area (Å²) in [6.45, 7) is 8.21. The first-order valence-electron chi connectivity index (χ1n) is 6.62. The Kier molecular flexibility index (Phi) is 11.1. The van der Waals surface area contributed by atoms with E-state index in [9.17, 15) is 0 Å². The molecule has 0 bridgehead atoms. The van der Waals surface area contributed by atoms with Gasteiger partial charge in [0.1, 0.15) is 0 Å². The van der Waals surface area contributed by atoms with E-state index in [-0.39, 0.29) is 4.75 Å². The summed E-state index contributed by atoms with van der Waals surface area (Å²) in [6, 6.07) is 0. The van der Waals surface area contributed by atoms with Crippen LogP contribution in [0.1, 0.15) is 20.3 Å². The maximum atomic E-state index is 5.39. The molecule has 0 rings (SSSR count). The first-order chi connectivity index (χ1) is 9.05. The Morgan fingerprint density at radius 1 is 1.21 bits per heavy atom. The van der Waals surface area contributed by atoms with Crippen LogP contribution in [0.25, 0.3) is 0 Å². The van der Waals surface area contributed by atoms with Crippen LogP contribution in [0.5, 0.6) is 0 Å². The molecule has 19 heavy (non-hydrogen) atoms. The molecule has 5 nitrogen and oxygen atoms in total. The second-order valence-electron chi connectivity index (χ2n) is 4.78. The maximum absolute atomic E-state index is 5.39. The third-order valence-electron chi connectivity index (χ3n) is 2.65. The predicted molar refractivity (Wildman–Crippen MR) is 84.3 cm³/mol. The Hall–Kier alpha value is -0.460. The van der Waals surface area contributed by atoms with E-state index in [2.05, 4.69) is 35.7 Å². The normalized spacial score (nSPS) is 12.6. The first-order valence-corrected chi connectivity index (χ1v) is 7.84. The van der Waals surface area contributed by atoms with E-state index in [1.54, 1.807) is 14.2 Å². The fourth-order valence-corrected chi connectivity index (χ4v) is 1.43. The Balaban J connectivity index is 3.61. The number of nitrogens with one attached hydrogen (secondary N) is 2. The van der Waals surface area contributed by atoms with Gasteiger partial charge in [-0.1, -0.05) is 0 Å². The molecule has 0 saturated carbocycles. The van der Waals surface area contributed by atoms with E-state index in [0.29, 0.717) is 13.2 Å². The lowest BCUT2D eigenvalue weighted by Gasteiger charge is -2.23. The number of ether oxygens (including phenoxy) is 2.